The van der Waals surface area contributed by atoms with E-state index in [4.69, 9.17) is 16.3 Å². The number of nitrogens with zero attached hydrogens (tertiary/aromatic N) is 3. The molecule has 0 spiro atoms. The summed E-state index contributed by atoms with van der Waals surface area (Å²) in [4.78, 5) is 23.9. The summed E-state index contributed by atoms with van der Waals surface area (Å²) in [6, 6.07) is 3.51. The summed E-state index contributed by atoms with van der Waals surface area (Å²) >= 11 is 6.06. The summed E-state index contributed by atoms with van der Waals surface area (Å²) in [7, 11) is 0. The number of nitrogens with one attached hydrogen (secondary N) is 1. The van der Waals surface area contributed by atoms with Crippen LogP contribution in [0.25, 0.3) is 0 Å². The van der Waals surface area contributed by atoms with Crippen LogP contribution in [-0.4, -0.2) is 44.6 Å². The molecule has 1 atom stereocenters. The topological polar surface area (TPSA) is 106 Å². The molecule has 2 N–H and O–H groups in total. The van der Waals surface area contributed by atoms with Gasteiger partial charge in [0.25, 0.3) is 5.91 Å². The lowest BCUT2D eigenvalue weighted by Gasteiger charge is -2.14. The first kappa shape index (κ1) is 17.0. The molecular weight excluding hydrogens is 348 g/mol. The molecule has 0 saturated carbocycles. The molecule has 25 heavy (non-hydrogen) atoms. The largest absolute Gasteiger partial charge is 0.490 e. The number of rotatable bonds is 1. The summed E-state index contributed by atoms with van der Waals surface area (Å²) in [5.74, 6) is -1.31. The average Bonchev–Trinajstić information content (AvgIpc) is 3.01. The molecule has 3 rings (SSSR count). The van der Waals surface area contributed by atoms with Gasteiger partial charge in [0.05, 0.1) is 22.8 Å². The molecular formula is C16H15ClN4O4. The zero-order chi connectivity index (χ0) is 17.8. The quantitative estimate of drug-likeness (QED) is 0.741. The summed E-state index contributed by atoms with van der Waals surface area (Å²) in [6.45, 7) is 0.786. The van der Waals surface area contributed by atoms with Gasteiger partial charge in [-0.15, -0.1) is 5.10 Å². The van der Waals surface area contributed by atoms with Gasteiger partial charge in [-0.25, -0.2) is 9.48 Å². The van der Waals surface area contributed by atoms with Gasteiger partial charge < -0.3 is 15.2 Å². The molecule has 0 saturated heterocycles. The normalized spacial score (nSPS) is 19.1. The first-order chi connectivity index (χ1) is 12.0. The van der Waals surface area contributed by atoms with E-state index in [1.54, 1.807) is 16.9 Å². The van der Waals surface area contributed by atoms with Gasteiger partial charge in [0.2, 0.25) is 0 Å². The number of benzene rings is 1. The number of carboxylic acids is 1. The van der Waals surface area contributed by atoms with E-state index in [-0.39, 0.29) is 17.0 Å². The lowest BCUT2D eigenvalue weighted by atomic mass is 10.1. The van der Waals surface area contributed by atoms with E-state index in [2.05, 4.69) is 15.6 Å². The number of amides is 1. The Bertz CT molecular complexity index is 833. The SMILES string of the molecule is O=C1N[C@H](C(=O)O)Cc2cn(nn2)C/C=C/COc2ccc(Cl)c1c2. The molecule has 0 radical (unpaired) electrons. The molecule has 1 aliphatic rings. The lowest BCUT2D eigenvalue weighted by Crippen LogP contribution is -2.42. The highest BCUT2D eigenvalue weighted by Gasteiger charge is 2.24. The zero-order valence-electron chi connectivity index (χ0n) is 13.1. The van der Waals surface area contributed by atoms with E-state index < -0.39 is 17.9 Å². The predicted molar refractivity (Wildman–Crippen MR) is 88.7 cm³/mol. The second kappa shape index (κ2) is 7.35. The summed E-state index contributed by atoms with van der Waals surface area (Å²) in [6.07, 6.45) is 5.32. The van der Waals surface area contributed by atoms with E-state index in [0.717, 1.165) is 0 Å². The molecule has 2 aromatic rings. The molecule has 1 amide bonds. The fourth-order valence-electron chi connectivity index (χ4n) is 2.33. The van der Waals surface area contributed by atoms with E-state index in [0.29, 0.717) is 24.6 Å². The van der Waals surface area contributed by atoms with E-state index >= 15 is 0 Å². The maximum atomic E-state index is 12.4. The van der Waals surface area contributed by atoms with Crippen molar-refractivity contribution in [1.29, 1.82) is 0 Å². The molecule has 1 aliphatic heterocycles. The zero-order valence-corrected chi connectivity index (χ0v) is 13.8. The summed E-state index contributed by atoms with van der Waals surface area (Å²) < 4.78 is 7.12. The highest BCUT2D eigenvalue weighted by Crippen LogP contribution is 2.22. The third kappa shape index (κ3) is 4.16. The van der Waals surface area contributed by atoms with Gasteiger partial charge >= 0.3 is 5.97 Å². The fourth-order valence-corrected chi connectivity index (χ4v) is 2.53. The number of allylic oxidation sites excluding steroid dienone is 1. The second-order valence-electron chi connectivity index (χ2n) is 5.42. The van der Waals surface area contributed by atoms with Crippen LogP contribution in [0.1, 0.15) is 16.1 Å². The summed E-state index contributed by atoms with van der Waals surface area (Å²) in [5.41, 5.74) is 0.611. The van der Waals surface area contributed by atoms with Crippen LogP contribution in [-0.2, 0) is 17.8 Å². The average molecular weight is 363 g/mol. The van der Waals surface area contributed by atoms with Crippen molar-refractivity contribution in [3.8, 4) is 5.75 Å². The Balaban J connectivity index is 1.94. The Morgan fingerprint density at radius 1 is 1.40 bits per heavy atom. The molecule has 2 heterocycles. The van der Waals surface area contributed by atoms with Crippen LogP contribution in [0.3, 0.4) is 0 Å². The van der Waals surface area contributed by atoms with Gasteiger partial charge in [0.1, 0.15) is 18.4 Å². The highest BCUT2D eigenvalue weighted by molar-refractivity contribution is 6.34. The van der Waals surface area contributed by atoms with E-state index in [1.165, 1.54) is 12.1 Å². The standard InChI is InChI=1S/C16H15ClN4O4/c17-13-4-3-11-8-12(13)15(22)18-14(16(23)24)7-10-9-21(20-19-10)5-1-2-6-25-11/h1-4,8-9,14H,5-7H2,(H,18,22)(H,23,24)/b2-1+/t14-/m0/s1. The number of fused-ring (bicyclic) bond motifs is 4. The number of aromatic nitrogens is 3. The minimum atomic E-state index is -1.17. The van der Waals surface area contributed by atoms with Gasteiger partial charge in [0, 0.05) is 12.6 Å². The monoisotopic (exact) mass is 362 g/mol. The number of carbonyl (C=O) groups excluding carboxylic acids is 1. The molecule has 1 aromatic heterocycles. The Morgan fingerprint density at radius 3 is 3.04 bits per heavy atom. The van der Waals surface area contributed by atoms with Crippen LogP contribution >= 0.6 is 11.6 Å². The third-order valence-electron chi connectivity index (χ3n) is 3.59. The Kier molecular flexibility index (Phi) is 4.99. The molecule has 9 heteroatoms. The molecule has 0 aliphatic carbocycles. The van der Waals surface area contributed by atoms with Gasteiger partial charge in [-0.1, -0.05) is 22.9 Å². The number of aliphatic carboxylic acids is 1. The van der Waals surface area contributed by atoms with Crippen LogP contribution in [0.5, 0.6) is 5.75 Å². The summed E-state index contributed by atoms with van der Waals surface area (Å²) in [5, 5.41) is 19.9. The van der Waals surface area contributed by atoms with Crippen molar-refractivity contribution in [2.75, 3.05) is 6.61 Å². The molecule has 8 nitrogen and oxygen atoms in total. The number of carboxylic acid groups (broad SMARTS) is 1. The van der Waals surface area contributed by atoms with Crippen molar-refractivity contribution >= 4 is 23.5 Å². The van der Waals surface area contributed by atoms with E-state index in [9.17, 15) is 14.7 Å². The number of ether oxygens (including phenoxy) is 1. The second-order valence-corrected chi connectivity index (χ2v) is 5.83. The minimum Gasteiger partial charge on any atom is -0.490 e. The number of hydrogen-bond acceptors (Lipinski definition) is 5. The van der Waals surface area contributed by atoms with Gasteiger partial charge in [-0.3, -0.25) is 4.79 Å². The Hall–Kier alpha value is -2.87. The molecule has 0 fully saturated rings. The van der Waals surface area contributed by atoms with Crippen LogP contribution < -0.4 is 10.1 Å². The van der Waals surface area contributed by atoms with Crippen LogP contribution in [0, 0.1) is 0 Å². The third-order valence-corrected chi connectivity index (χ3v) is 3.92. The van der Waals surface area contributed by atoms with Crippen molar-refractivity contribution in [1.82, 2.24) is 20.3 Å². The Morgan fingerprint density at radius 2 is 2.24 bits per heavy atom. The molecule has 0 unspecified atom stereocenters. The fraction of sp³-hybridized carbons (Fsp3) is 0.250. The minimum absolute atomic E-state index is 0.0125. The molecule has 130 valence electrons. The van der Waals surface area contributed by atoms with Crippen LogP contribution in [0.4, 0.5) is 0 Å². The van der Waals surface area contributed by atoms with Gasteiger partial charge in [-0.2, -0.15) is 0 Å². The smallest absolute Gasteiger partial charge is 0.326 e. The predicted octanol–water partition coefficient (Wildman–Crippen LogP) is 1.31. The van der Waals surface area contributed by atoms with Gasteiger partial charge in [0.15, 0.2) is 0 Å². The maximum Gasteiger partial charge on any atom is 0.326 e. The molecule has 4 bridgehead atoms. The van der Waals surface area contributed by atoms with Gasteiger partial charge in [-0.05, 0) is 24.3 Å². The molecule has 1 aromatic carbocycles. The number of halogens is 1. The van der Waals surface area contributed by atoms with Crippen molar-refractivity contribution in [3.63, 3.8) is 0 Å². The lowest BCUT2D eigenvalue weighted by molar-refractivity contribution is -0.139. The van der Waals surface area contributed by atoms with Crippen molar-refractivity contribution < 1.29 is 19.4 Å². The van der Waals surface area contributed by atoms with E-state index in [1.807, 2.05) is 12.2 Å². The number of hydrogen-bond donors (Lipinski definition) is 2. The van der Waals surface area contributed by atoms with Crippen molar-refractivity contribution in [2.45, 2.75) is 19.0 Å². The van der Waals surface area contributed by atoms with Crippen molar-refractivity contribution in [2.24, 2.45) is 0 Å². The maximum absolute atomic E-state index is 12.4. The number of carbonyl (C=O) groups is 2. The first-order valence-electron chi connectivity index (χ1n) is 7.53. The Labute approximate surface area is 148 Å². The van der Waals surface area contributed by atoms with Crippen molar-refractivity contribution in [3.05, 3.63) is 52.8 Å². The first-order valence-corrected chi connectivity index (χ1v) is 7.91. The van der Waals surface area contributed by atoms with Crippen LogP contribution in [0.15, 0.2) is 36.5 Å². The van der Waals surface area contributed by atoms with Crippen LogP contribution in [0.2, 0.25) is 5.02 Å². The highest BCUT2D eigenvalue weighted by atomic mass is 35.5.